The summed E-state index contributed by atoms with van der Waals surface area (Å²) in [5.74, 6) is -0.182. The Bertz CT molecular complexity index is 640. The smallest absolute Gasteiger partial charge is 0.251 e. The molecule has 0 bridgehead atoms. The number of carbonyl (C=O) groups is 2. The van der Waals surface area contributed by atoms with Crippen molar-refractivity contribution in [1.82, 2.24) is 5.32 Å². The second kappa shape index (κ2) is 6.75. The van der Waals surface area contributed by atoms with E-state index in [1.165, 1.54) is 0 Å². The van der Waals surface area contributed by atoms with Crippen LogP contribution in [0.25, 0.3) is 0 Å². The van der Waals surface area contributed by atoms with Crippen molar-refractivity contribution in [1.29, 1.82) is 0 Å². The highest BCUT2D eigenvalue weighted by Gasteiger charge is 2.15. The minimum atomic E-state index is -0.273. The van der Waals surface area contributed by atoms with E-state index in [1.54, 1.807) is 35.6 Å². The van der Waals surface area contributed by atoms with Gasteiger partial charge in [-0.25, -0.2) is 0 Å². The third kappa shape index (κ3) is 5.00. The number of rotatable bonds is 4. The lowest BCUT2D eigenvalue weighted by atomic mass is 10.1. The molecular formula is C17H20N2O2S. The number of amides is 2. The Morgan fingerprint density at radius 1 is 1.09 bits per heavy atom. The highest BCUT2D eigenvalue weighted by atomic mass is 32.1. The van der Waals surface area contributed by atoms with Crippen molar-refractivity contribution in [2.75, 3.05) is 5.32 Å². The molecule has 4 nitrogen and oxygen atoms in total. The van der Waals surface area contributed by atoms with Crippen molar-refractivity contribution in [3.8, 4) is 0 Å². The molecular weight excluding hydrogens is 296 g/mol. The summed E-state index contributed by atoms with van der Waals surface area (Å²) in [5.41, 5.74) is 0.991. The van der Waals surface area contributed by atoms with Crippen LogP contribution in [0, 0.1) is 0 Å². The van der Waals surface area contributed by atoms with Crippen LogP contribution in [0.5, 0.6) is 0 Å². The molecule has 116 valence electrons. The van der Waals surface area contributed by atoms with E-state index in [4.69, 9.17) is 0 Å². The van der Waals surface area contributed by atoms with Crippen LogP contribution in [0.2, 0.25) is 0 Å². The molecule has 0 atom stereocenters. The quantitative estimate of drug-likeness (QED) is 0.907. The Hall–Kier alpha value is -2.14. The van der Waals surface area contributed by atoms with E-state index >= 15 is 0 Å². The number of nitrogens with one attached hydrogen (secondary N) is 2. The first-order chi connectivity index (χ1) is 10.3. The van der Waals surface area contributed by atoms with E-state index in [0.29, 0.717) is 17.7 Å². The lowest BCUT2D eigenvalue weighted by Crippen LogP contribution is -2.40. The molecule has 2 amide bonds. The molecule has 0 saturated heterocycles. The van der Waals surface area contributed by atoms with Crippen LogP contribution in [-0.4, -0.2) is 17.4 Å². The SMILES string of the molecule is CC(C)(C)NC(=O)c1ccc(NC(=O)Cc2cccs2)cc1. The number of anilines is 1. The summed E-state index contributed by atoms with van der Waals surface area (Å²) in [6, 6.07) is 10.8. The molecule has 2 aromatic rings. The first kappa shape index (κ1) is 16.2. The first-order valence-corrected chi connectivity index (χ1v) is 7.96. The maximum Gasteiger partial charge on any atom is 0.251 e. The fourth-order valence-corrected chi connectivity index (χ4v) is 2.60. The van der Waals surface area contributed by atoms with E-state index in [9.17, 15) is 9.59 Å². The zero-order valence-electron chi connectivity index (χ0n) is 13.0. The molecule has 0 unspecified atom stereocenters. The van der Waals surface area contributed by atoms with Crippen LogP contribution in [0.15, 0.2) is 41.8 Å². The van der Waals surface area contributed by atoms with Crippen molar-refractivity contribution in [2.24, 2.45) is 0 Å². The summed E-state index contributed by atoms with van der Waals surface area (Å²) in [4.78, 5) is 24.9. The molecule has 0 saturated carbocycles. The molecule has 0 aliphatic carbocycles. The largest absolute Gasteiger partial charge is 0.347 e. The number of benzene rings is 1. The molecule has 0 spiro atoms. The molecule has 0 fully saturated rings. The van der Waals surface area contributed by atoms with Crippen LogP contribution in [0.1, 0.15) is 36.0 Å². The number of thiophene rings is 1. The standard InChI is InChI=1S/C17H20N2O2S/c1-17(2,3)19-16(21)12-6-8-13(9-7-12)18-15(20)11-14-5-4-10-22-14/h4-10H,11H2,1-3H3,(H,18,20)(H,19,21). The van der Waals surface area contributed by atoms with Crippen molar-refractivity contribution in [3.63, 3.8) is 0 Å². The zero-order chi connectivity index (χ0) is 16.2. The topological polar surface area (TPSA) is 58.2 Å². The van der Waals surface area contributed by atoms with Crippen LogP contribution in [-0.2, 0) is 11.2 Å². The Kier molecular flexibility index (Phi) is 4.98. The average molecular weight is 316 g/mol. The predicted octanol–water partition coefficient (Wildman–Crippen LogP) is 3.46. The Labute approximate surface area is 134 Å². The summed E-state index contributed by atoms with van der Waals surface area (Å²) < 4.78 is 0. The van der Waals surface area contributed by atoms with E-state index in [2.05, 4.69) is 10.6 Å². The summed E-state index contributed by atoms with van der Waals surface area (Å²) in [5, 5.41) is 7.68. The molecule has 22 heavy (non-hydrogen) atoms. The van der Waals surface area contributed by atoms with Crippen molar-refractivity contribution < 1.29 is 9.59 Å². The van der Waals surface area contributed by atoms with E-state index in [-0.39, 0.29) is 17.4 Å². The van der Waals surface area contributed by atoms with Gasteiger partial charge in [0.2, 0.25) is 5.91 Å². The highest BCUT2D eigenvalue weighted by molar-refractivity contribution is 7.10. The molecule has 0 radical (unpaired) electrons. The normalized spacial score (nSPS) is 11.0. The van der Waals surface area contributed by atoms with E-state index < -0.39 is 0 Å². The number of hydrogen-bond acceptors (Lipinski definition) is 3. The molecule has 5 heteroatoms. The fourth-order valence-electron chi connectivity index (χ4n) is 1.89. The van der Waals surface area contributed by atoms with Gasteiger partial charge in [-0.15, -0.1) is 11.3 Å². The monoisotopic (exact) mass is 316 g/mol. The Morgan fingerprint density at radius 2 is 1.77 bits per heavy atom. The highest BCUT2D eigenvalue weighted by Crippen LogP contribution is 2.13. The van der Waals surface area contributed by atoms with Gasteiger partial charge in [-0.3, -0.25) is 9.59 Å². The van der Waals surface area contributed by atoms with E-state index in [0.717, 1.165) is 4.88 Å². The zero-order valence-corrected chi connectivity index (χ0v) is 13.8. The molecule has 2 rings (SSSR count). The minimum absolute atomic E-state index is 0.0608. The van der Waals surface area contributed by atoms with Gasteiger partial charge in [0.15, 0.2) is 0 Å². The van der Waals surface area contributed by atoms with Crippen LogP contribution >= 0.6 is 11.3 Å². The third-order valence-corrected chi connectivity index (χ3v) is 3.71. The molecule has 1 heterocycles. The van der Waals surface area contributed by atoms with Gasteiger partial charge < -0.3 is 10.6 Å². The third-order valence-electron chi connectivity index (χ3n) is 2.83. The molecule has 1 aromatic carbocycles. The first-order valence-electron chi connectivity index (χ1n) is 7.08. The molecule has 0 aliphatic rings. The van der Waals surface area contributed by atoms with Gasteiger partial charge in [0, 0.05) is 21.7 Å². The maximum absolute atomic E-state index is 12.0. The number of hydrogen-bond donors (Lipinski definition) is 2. The maximum atomic E-state index is 12.0. The van der Waals surface area contributed by atoms with Crippen LogP contribution < -0.4 is 10.6 Å². The van der Waals surface area contributed by atoms with Gasteiger partial charge in [0.1, 0.15) is 0 Å². The van der Waals surface area contributed by atoms with Gasteiger partial charge in [-0.05, 0) is 56.5 Å². The second-order valence-corrected chi connectivity index (χ2v) is 7.12. The average Bonchev–Trinajstić information content (AvgIpc) is 2.90. The Balaban J connectivity index is 1.94. The molecule has 1 aromatic heterocycles. The van der Waals surface area contributed by atoms with Gasteiger partial charge in [0.05, 0.1) is 6.42 Å². The van der Waals surface area contributed by atoms with Crippen molar-refractivity contribution >= 4 is 28.8 Å². The number of carbonyl (C=O) groups excluding carboxylic acids is 2. The summed E-state index contributed by atoms with van der Waals surface area (Å²) >= 11 is 1.56. The molecule has 2 N–H and O–H groups in total. The lowest BCUT2D eigenvalue weighted by molar-refractivity contribution is -0.115. The van der Waals surface area contributed by atoms with Gasteiger partial charge in [0.25, 0.3) is 5.91 Å². The lowest BCUT2D eigenvalue weighted by Gasteiger charge is -2.20. The van der Waals surface area contributed by atoms with Crippen molar-refractivity contribution in [3.05, 3.63) is 52.2 Å². The van der Waals surface area contributed by atoms with Gasteiger partial charge in [-0.1, -0.05) is 6.07 Å². The van der Waals surface area contributed by atoms with Gasteiger partial charge >= 0.3 is 0 Å². The fraction of sp³-hybridized carbons (Fsp3) is 0.294. The second-order valence-electron chi connectivity index (χ2n) is 6.09. The molecule has 0 aliphatic heterocycles. The minimum Gasteiger partial charge on any atom is -0.347 e. The summed E-state index contributed by atoms with van der Waals surface area (Å²) in [6.45, 7) is 5.80. The Morgan fingerprint density at radius 3 is 2.32 bits per heavy atom. The van der Waals surface area contributed by atoms with Crippen molar-refractivity contribution in [2.45, 2.75) is 32.7 Å². The van der Waals surface area contributed by atoms with E-state index in [1.807, 2.05) is 38.3 Å². The summed E-state index contributed by atoms with van der Waals surface area (Å²) in [6.07, 6.45) is 0.365. The van der Waals surface area contributed by atoms with Crippen LogP contribution in [0.4, 0.5) is 5.69 Å². The summed E-state index contributed by atoms with van der Waals surface area (Å²) in [7, 11) is 0. The predicted molar refractivity (Wildman–Crippen MR) is 90.3 cm³/mol. The van der Waals surface area contributed by atoms with Crippen LogP contribution in [0.3, 0.4) is 0 Å². The van der Waals surface area contributed by atoms with Gasteiger partial charge in [-0.2, -0.15) is 0 Å².